The molecular formula is C25H27N3O10. The van der Waals surface area contributed by atoms with E-state index in [1.54, 1.807) is 19.1 Å². The standard InChI is InChI=1S/C25H27N3O10/c1-16(12-24(31)38-19-9-7-18(8-10-19)27(2)23(30)6-5-11-29)26-25(32)37-15-17-13-21(35-3)22(36-4)14-20(17)28(33)34/h5-11,13-14,16H,12,15H2,1-4H3,(H,26,32)/b6-5-. The Bertz CT molecular complexity index is 1210. The van der Waals surface area contributed by atoms with Gasteiger partial charge in [0.15, 0.2) is 11.5 Å². The number of allylic oxidation sites excluding steroid dienone is 1. The van der Waals surface area contributed by atoms with Crippen molar-refractivity contribution in [1.29, 1.82) is 0 Å². The van der Waals surface area contributed by atoms with Crippen LogP contribution in [0.1, 0.15) is 18.9 Å². The van der Waals surface area contributed by atoms with Gasteiger partial charge in [-0.25, -0.2) is 4.79 Å². The molecule has 0 bridgehead atoms. The lowest BCUT2D eigenvalue weighted by Crippen LogP contribution is -2.35. The molecule has 2 aromatic carbocycles. The summed E-state index contributed by atoms with van der Waals surface area (Å²) in [5, 5.41) is 13.8. The quantitative estimate of drug-likeness (QED) is 0.108. The van der Waals surface area contributed by atoms with Crippen LogP contribution >= 0.6 is 0 Å². The number of hydrogen-bond acceptors (Lipinski definition) is 10. The first-order chi connectivity index (χ1) is 18.1. The van der Waals surface area contributed by atoms with Crippen LogP contribution < -0.4 is 24.4 Å². The minimum atomic E-state index is -0.893. The van der Waals surface area contributed by atoms with E-state index >= 15 is 0 Å². The van der Waals surface area contributed by atoms with Gasteiger partial charge < -0.3 is 29.2 Å². The van der Waals surface area contributed by atoms with Gasteiger partial charge in [-0.15, -0.1) is 0 Å². The van der Waals surface area contributed by atoms with Gasteiger partial charge in [-0.05, 0) is 43.3 Å². The number of nitro groups is 1. The summed E-state index contributed by atoms with van der Waals surface area (Å²) in [6.07, 6.45) is 1.61. The van der Waals surface area contributed by atoms with Crippen molar-refractivity contribution >= 4 is 35.6 Å². The summed E-state index contributed by atoms with van der Waals surface area (Å²) >= 11 is 0. The van der Waals surface area contributed by atoms with Crippen LogP contribution in [-0.2, 0) is 25.7 Å². The number of ether oxygens (including phenoxy) is 4. The van der Waals surface area contributed by atoms with E-state index in [9.17, 15) is 29.3 Å². The normalized spacial score (nSPS) is 11.3. The van der Waals surface area contributed by atoms with Gasteiger partial charge in [0.25, 0.3) is 11.6 Å². The molecule has 0 fully saturated rings. The number of benzene rings is 2. The maximum absolute atomic E-state index is 12.3. The van der Waals surface area contributed by atoms with Crippen molar-refractivity contribution in [3.63, 3.8) is 0 Å². The zero-order valence-corrected chi connectivity index (χ0v) is 21.2. The van der Waals surface area contributed by atoms with Crippen molar-refractivity contribution in [2.45, 2.75) is 26.0 Å². The summed E-state index contributed by atoms with van der Waals surface area (Å²) < 4.78 is 20.5. The Morgan fingerprint density at radius 3 is 2.32 bits per heavy atom. The molecule has 0 aliphatic rings. The number of aldehydes is 1. The SMILES string of the molecule is COc1cc(COC(=O)NC(C)CC(=O)Oc2ccc(N(C)C(=O)/C=C\C=O)cc2)c([N+](=O)[O-])cc1OC. The second-order valence-corrected chi connectivity index (χ2v) is 7.78. The van der Waals surface area contributed by atoms with E-state index in [-0.39, 0.29) is 34.9 Å². The number of carbonyl (C=O) groups is 4. The molecule has 0 spiro atoms. The number of amides is 2. The van der Waals surface area contributed by atoms with Gasteiger partial charge in [-0.2, -0.15) is 0 Å². The van der Waals surface area contributed by atoms with Gasteiger partial charge in [0.2, 0.25) is 0 Å². The molecule has 0 saturated heterocycles. The molecule has 0 aliphatic heterocycles. The average molecular weight is 530 g/mol. The largest absolute Gasteiger partial charge is 0.493 e. The van der Waals surface area contributed by atoms with Crippen LogP contribution in [0.2, 0.25) is 0 Å². The molecule has 13 heteroatoms. The van der Waals surface area contributed by atoms with Crippen molar-refractivity contribution in [2.75, 3.05) is 26.2 Å². The number of methoxy groups -OCH3 is 2. The third-order valence-corrected chi connectivity index (χ3v) is 5.08. The number of alkyl carbamates (subject to hydrolysis) is 1. The van der Waals surface area contributed by atoms with Crippen LogP contribution in [0.3, 0.4) is 0 Å². The van der Waals surface area contributed by atoms with E-state index < -0.39 is 35.5 Å². The second-order valence-electron chi connectivity index (χ2n) is 7.78. The molecule has 13 nitrogen and oxygen atoms in total. The smallest absolute Gasteiger partial charge is 0.407 e. The summed E-state index contributed by atoms with van der Waals surface area (Å²) in [5.41, 5.74) is 0.286. The number of carbonyl (C=O) groups excluding carboxylic acids is 4. The van der Waals surface area contributed by atoms with Gasteiger partial charge >= 0.3 is 12.1 Å². The average Bonchev–Trinajstić information content (AvgIpc) is 2.89. The number of anilines is 1. The number of likely N-dealkylation sites (N-methyl/N-ethyl adjacent to an activating group) is 1. The minimum Gasteiger partial charge on any atom is -0.493 e. The summed E-state index contributed by atoms with van der Waals surface area (Å²) in [4.78, 5) is 58.7. The lowest BCUT2D eigenvalue weighted by atomic mass is 10.1. The van der Waals surface area contributed by atoms with Crippen molar-refractivity contribution in [3.8, 4) is 17.2 Å². The van der Waals surface area contributed by atoms with Crippen LogP contribution in [0.15, 0.2) is 48.6 Å². The minimum absolute atomic E-state index is 0.0883. The molecule has 0 saturated carbocycles. The number of esters is 1. The molecule has 1 N–H and O–H groups in total. The highest BCUT2D eigenvalue weighted by Crippen LogP contribution is 2.34. The Labute approximate surface area is 218 Å². The molecular weight excluding hydrogens is 502 g/mol. The van der Waals surface area contributed by atoms with Crippen molar-refractivity contribution in [1.82, 2.24) is 5.32 Å². The van der Waals surface area contributed by atoms with E-state index in [4.69, 9.17) is 18.9 Å². The Hall–Kier alpha value is -4.94. The van der Waals surface area contributed by atoms with Crippen molar-refractivity contribution < 1.29 is 43.0 Å². The van der Waals surface area contributed by atoms with E-state index in [1.807, 2.05) is 0 Å². The fourth-order valence-electron chi connectivity index (χ4n) is 3.15. The Morgan fingerprint density at radius 1 is 1.11 bits per heavy atom. The summed E-state index contributed by atoms with van der Waals surface area (Å²) in [7, 11) is 4.23. The molecule has 0 aliphatic carbocycles. The predicted octanol–water partition coefficient (Wildman–Crippen LogP) is 2.94. The van der Waals surface area contributed by atoms with Gasteiger partial charge in [0.1, 0.15) is 18.6 Å². The van der Waals surface area contributed by atoms with Crippen LogP contribution in [0.4, 0.5) is 16.2 Å². The Kier molecular flexibility index (Phi) is 10.8. The Morgan fingerprint density at radius 2 is 1.74 bits per heavy atom. The number of nitrogens with one attached hydrogen (secondary N) is 1. The molecule has 0 aromatic heterocycles. The number of nitro benzene ring substituents is 1. The maximum atomic E-state index is 12.3. The first kappa shape index (κ1) is 29.3. The summed E-state index contributed by atoms with van der Waals surface area (Å²) in [5.74, 6) is -0.442. The first-order valence-corrected chi connectivity index (χ1v) is 11.1. The molecule has 0 heterocycles. The molecule has 0 radical (unpaired) electrons. The third kappa shape index (κ3) is 8.33. The van der Waals surface area contributed by atoms with Crippen LogP contribution in [-0.4, -0.2) is 56.5 Å². The number of hydrogen-bond donors (Lipinski definition) is 1. The van der Waals surface area contributed by atoms with Crippen molar-refractivity contribution in [3.05, 3.63) is 64.2 Å². The Balaban J connectivity index is 1.89. The maximum Gasteiger partial charge on any atom is 0.407 e. The first-order valence-electron chi connectivity index (χ1n) is 11.1. The third-order valence-electron chi connectivity index (χ3n) is 5.08. The second kappa shape index (κ2) is 14.0. The molecule has 1 unspecified atom stereocenters. The van der Waals surface area contributed by atoms with Crippen LogP contribution in [0.25, 0.3) is 0 Å². The highest BCUT2D eigenvalue weighted by atomic mass is 16.6. The molecule has 2 amide bonds. The van der Waals surface area contributed by atoms with E-state index in [1.165, 1.54) is 50.4 Å². The molecule has 1 atom stereocenters. The van der Waals surface area contributed by atoms with E-state index in [2.05, 4.69) is 5.32 Å². The van der Waals surface area contributed by atoms with E-state index in [0.717, 1.165) is 12.2 Å². The zero-order valence-electron chi connectivity index (χ0n) is 21.2. The monoisotopic (exact) mass is 529 g/mol. The number of nitrogens with zero attached hydrogens (tertiary/aromatic N) is 2. The lowest BCUT2D eigenvalue weighted by molar-refractivity contribution is -0.385. The van der Waals surface area contributed by atoms with Gasteiger partial charge in [-0.3, -0.25) is 24.5 Å². The predicted molar refractivity (Wildman–Crippen MR) is 134 cm³/mol. The van der Waals surface area contributed by atoms with Crippen LogP contribution in [0.5, 0.6) is 17.2 Å². The number of rotatable bonds is 12. The fraction of sp³-hybridized carbons (Fsp3) is 0.280. The van der Waals surface area contributed by atoms with Gasteiger partial charge in [0.05, 0.1) is 37.2 Å². The summed E-state index contributed by atoms with van der Waals surface area (Å²) in [6, 6.07) is 7.92. The molecule has 202 valence electrons. The molecule has 2 rings (SSSR count). The highest BCUT2D eigenvalue weighted by molar-refractivity contribution is 6.02. The van der Waals surface area contributed by atoms with E-state index in [0.29, 0.717) is 12.0 Å². The summed E-state index contributed by atoms with van der Waals surface area (Å²) in [6.45, 7) is 1.13. The highest BCUT2D eigenvalue weighted by Gasteiger charge is 2.21. The molecule has 38 heavy (non-hydrogen) atoms. The van der Waals surface area contributed by atoms with Crippen LogP contribution in [0, 0.1) is 10.1 Å². The fourth-order valence-corrected chi connectivity index (χ4v) is 3.15. The van der Waals surface area contributed by atoms with Crippen molar-refractivity contribution in [2.24, 2.45) is 0 Å². The van der Waals surface area contributed by atoms with Gasteiger partial charge in [0, 0.05) is 24.9 Å². The topological polar surface area (TPSA) is 164 Å². The van der Waals surface area contributed by atoms with Gasteiger partial charge in [-0.1, -0.05) is 0 Å². The molecule has 2 aromatic rings. The zero-order chi connectivity index (χ0) is 28.2. The lowest BCUT2D eigenvalue weighted by Gasteiger charge is -2.16.